The van der Waals surface area contributed by atoms with Crippen LogP contribution in [-0.4, -0.2) is 65.1 Å². The van der Waals surface area contributed by atoms with E-state index in [1.807, 2.05) is 11.8 Å². The minimum atomic E-state index is -0.555. The molecule has 1 aromatic carbocycles. The van der Waals surface area contributed by atoms with Gasteiger partial charge < -0.3 is 25.0 Å². The molecule has 6 nitrogen and oxygen atoms in total. The zero-order chi connectivity index (χ0) is 20.2. The van der Waals surface area contributed by atoms with Crippen molar-refractivity contribution in [1.29, 1.82) is 0 Å². The molecular formula is C20H32F2N4O2. The Labute approximate surface area is 166 Å². The molecule has 158 valence electrons. The van der Waals surface area contributed by atoms with Crippen molar-refractivity contribution in [3.8, 4) is 0 Å². The topological polar surface area (TPSA) is 58.1 Å². The fourth-order valence-corrected chi connectivity index (χ4v) is 3.10. The highest BCUT2D eigenvalue weighted by molar-refractivity contribution is 5.80. The predicted molar refractivity (Wildman–Crippen MR) is 108 cm³/mol. The number of halogens is 2. The van der Waals surface area contributed by atoms with E-state index in [2.05, 4.69) is 15.6 Å². The third-order valence-electron chi connectivity index (χ3n) is 4.52. The van der Waals surface area contributed by atoms with Gasteiger partial charge in [0.2, 0.25) is 0 Å². The number of aliphatic imine (C=N–C) groups is 1. The van der Waals surface area contributed by atoms with Gasteiger partial charge in [-0.1, -0.05) is 0 Å². The molecular weight excluding hydrogens is 366 g/mol. The molecule has 0 aliphatic carbocycles. The number of hydrogen-bond acceptors (Lipinski definition) is 4. The lowest BCUT2D eigenvalue weighted by molar-refractivity contribution is 0.0690. The van der Waals surface area contributed by atoms with Gasteiger partial charge in [0.1, 0.15) is 11.6 Å². The summed E-state index contributed by atoms with van der Waals surface area (Å²) in [5.74, 6) is -0.302. The smallest absolute Gasteiger partial charge is 0.191 e. The van der Waals surface area contributed by atoms with E-state index in [4.69, 9.17) is 9.47 Å². The molecule has 28 heavy (non-hydrogen) atoms. The van der Waals surface area contributed by atoms with Gasteiger partial charge in [0.05, 0.1) is 18.9 Å². The van der Waals surface area contributed by atoms with Crippen LogP contribution in [-0.2, 0) is 9.47 Å². The Morgan fingerprint density at radius 2 is 2.11 bits per heavy atom. The lowest BCUT2D eigenvalue weighted by atomic mass is 10.2. The Hall–Kier alpha value is -1.93. The number of unbranched alkanes of at least 4 members (excludes halogenated alkanes) is 1. The van der Waals surface area contributed by atoms with Crippen LogP contribution in [0.1, 0.15) is 26.2 Å². The fourth-order valence-electron chi connectivity index (χ4n) is 3.10. The molecule has 1 saturated heterocycles. The number of methoxy groups -OCH3 is 1. The van der Waals surface area contributed by atoms with Crippen molar-refractivity contribution in [1.82, 2.24) is 10.6 Å². The largest absolute Gasteiger partial charge is 0.382 e. The summed E-state index contributed by atoms with van der Waals surface area (Å²) in [7, 11) is 1.66. The first-order chi connectivity index (χ1) is 13.6. The van der Waals surface area contributed by atoms with Crippen molar-refractivity contribution < 1.29 is 18.3 Å². The van der Waals surface area contributed by atoms with Crippen molar-refractivity contribution >= 4 is 11.6 Å². The molecule has 1 unspecified atom stereocenters. The van der Waals surface area contributed by atoms with Gasteiger partial charge >= 0.3 is 0 Å². The Bertz CT molecular complexity index is 616. The first kappa shape index (κ1) is 22.4. The third kappa shape index (κ3) is 7.59. The molecule has 2 N–H and O–H groups in total. The van der Waals surface area contributed by atoms with E-state index in [1.54, 1.807) is 7.11 Å². The Morgan fingerprint density at radius 3 is 2.86 bits per heavy atom. The molecule has 1 atom stereocenters. The highest BCUT2D eigenvalue weighted by Crippen LogP contribution is 2.24. The van der Waals surface area contributed by atoms with Crippen LogP contribution >= 0.6 is 0 Å². The minimum Gasteiger partial charge on any atom is -0.382 e. The number of rotatable bonds is 11. The molecule has 1 fully saturated rings. The molecule has 0 amide bonds. The van der Waals surface area contributed by atoms with Crippen LogP contribution in [0.2, 0.25) is 0 Å². The quantitative estimate of drug-likeness (QED) is 0.341. The normalized spacial score (nSPS) is 17.2. The van der Waals surface area contributed by atoms with Crippen LogP contribution in [0.25, 0.3) is 0 Å². The van der Waals surface area contributed by atoms with Crippen LogP contribution in [0.3, 0.4) is 0 Å². The van der Waals surface area contributed by atoms with Gasteiger partial charge in [0.15, 0.2) is 5.96 Å². The highest BCUT2D eigenvalue weighted by Gasteiger charge is 2.25. The number of ether oxygens (including phenoxy) is 2. The number of guanidine groups is 1. The second kappa shape index (κ2) is 12.5. The Kier molecular flexibility index (Phi) is 9.99. The monoisotopic (exact) mass is 398 g/mol. The van der Waals surface area contributed by atoms with Gasteiger partial charge in [-0.15, -0.1) is 0 Å². The van der Waals surface area contributed by atoms with Gasteiger partial charge in [0, 0.05) is 52.0 Å². The molecule has 1 aliphatic heterocycles. The lowest BCUT2D eigenvalue weighted by Gasteiger charge is -2.21. The van der Waals surface area contributed by atoms with Crippen molar-refractivity contribution in [2.45, 2.75) is 32.2 Å². The highest BCUT2D eigenvalue weighted by atomic mass is 19.1. The van der Waals surface area contributed by atoms with Crippen LogP contribution in [0.4, 0.5) is 14.5 Å². The van der Waals surface area contributed by atoms with Crippen molar-refractivity contribution in [3.05, 3.63) is 29.8 Å². The van der Waals surface area contributed by atoms with E-state index in [1.165, 1.54) is 12.1 Å². The first-order valence-corrected chi connectivity index (χ1v) is 9.95. The zero-order valence-electron chi connectivity index (χ0n) is 16.8. The van der Waals surface area contributed by atoms with E-state index in [0.717, 1.165) is 44.4 Å². The fraction of sp³-hybridized carbons (Fsp3) is 0.650. The molecule has 0 bridgehead atoms. The first-order valence-electron chi connectivity index (χ1n) is 9.95. The van der Waals surface area contributed by atoms with Crippen LogP contribution in [0.5, 0.6) is 0 Å². The average molecular weight is 398 g/mol. The van der Waals surface area contributed by atoms with Gasteiger partial charge in [-0.2, -0.15) is 0 Å². The van der Waals surface area contributed by atoms with Crippen molar-refractivity contribution in [2.24, 2.45) is 4.99 Å². The predicted octanol–water partition coefficient (Wildman–Crippen LogP) is 2.54. The van der Waals surface area contributed by atoms with Crippen LogP contribution < -0.4 is 15.5 Å². The number of nitrogens with one attached hydrogen (secondary N) is 2. The van der Waals surface area contributed by atoms with Gasteiger partial charge in [-0.3, -0.25) is 4.99 Å². The molecule has 8 heteroatoms. The molecule has 1 aromatic rings. The van der Waals surface area contributed by atoms with Gasteiger partial charge in [0.25, 0.3) is 0 Å². The molecule has 1 heterocycles. The SMILES string of the molecule is CCNC(=NCCCCOCCOC)NC1CCN(c2ccc(F)cc2F)C1. The summed E-state index contributed by atoms with van der Waals surface area (Å²) in [5, 5.41) is 6.67. The van der Waals surface area contributed by atoms with Crippen LogP contribution in [0.15, 0.2) is 23.2 Å². The Morgan fingerprint density at radius 1 is 1.25 bits per heavy atom. The number of benzene rings is 1. The molecule has 0 saturated carbocycles. The molecule has 0 spiro atoms. The number of nitrogens with zero attached hydrogens (tertiary/aromatic N) is 2. The number of anilines is 1. The van der Waals surface area contributed by atoms with Gasteiger partial charge in [-0.25, -0.2) is 8.78 Å². The van der Waals surface area contributed by atoms with E-state index in [9.17, 15) is 8.78 Å². The zero-order valence-corrected chi connectivity index (χ0v) is 16.8. The maximum absolute atomic E-state index is 14.0. The summed E-state index contributed by atoms with van der Waals surface area (Å²) in [5.41, 5.74) is 0.445. The summed E-state index contributed by atoms with van der Waals surface area (Å²) < 4.78 is 37.5. The van der Waals surface area contributed by atoms with E-state index >= 15 is 0 Å². The summed E-state index contributed by atoms with van der Waals surface area (Å²) in [6.07, 6.45) is 2.77. The van der Waals surface area contributed by atoms with Crippen molar-refractivity contribution in [3.63, 3.8) is 0 Å². The standard InChI is InChI=1S/C20H32F2N4O2/c1-3-23-20(24-9-4-5-11-28-13-12-27-2)25-17-8-10-26(15-17)19-7-6-16(21)14-18(19)22/h6-7,14,17H,3-5,8-13,15H2,1-2H3,(H2,23,24,25). The maximum Gasteiger partial charge on any atom is 0.191 e. The van der Waals surface area contributed by atoms with E-state index in [0.29, 0.717) is 38.6 Å². The van der Waals surface area contributed by atoms with E-state index < -0.39 is 11.6 Å². The summed E-state index contributed by atoms with van der Waals surface area (Å²) in [6, 6.07) is 3.89. The molecule has 0 aromatic heterocycles. The van der Waals surface area contributed by atoms with Crippen LogP contribution in [0, 0.1) is 11.6 Å². The second-order valence-corrected chi connectivity index (χ2v) is 6.74. The molecule has 0 radical (unpaired) electrons. The summed E-state index contributed by atoms with van der Waals surface area (Å²) in [6.45, 7) is 6.84. The third-order valence-corrected chi connectivity index (χ3v) is 4.52. The van der Waals surface area contributed by atoms with Crippen molar-refractivity contribution in [2.75, 3.05) is 58.0 Å². The number of hydrogen-bond donors (Lipinski definition) is 2. The van der Waals surface area contributed by atoms with Gasteiger partial charge in [-0.05, 0) is 38.3 Å². The average Bonchev–Trinajstić information content (AvgIpc) is 3.12. The lowest BCUT2D eigenvalue weighted by Crippen LogP contribution is -2.44. The van der Waals surface area contributed by atoms with E-state index in [-0.39, 0.29) is 6.04 Å². The second-order valence-electron chi connectivity index (χ2n) is 6.74. The molecule has 1 aliphatic rings. The summed E-state index contributed by atoms with van der Waals surface area (Å²) >= 11 is 0. The Balaban J connectivity index is 1.75. The maximum atomic E-state index is 14.0. The minimum absolute atomic E-state index is 0.166. The molecule has 2 rings (SSSR count). The summed E-state index contributed by atoms with van der Waals surface area (Å²) in [4.78, 5) is 6.55.